The van der Waals surface area contributed by atoms with Crippen LogP contribution < -0.4 is 10.9 Å². The van der Waals surface area contributed by atoms with Gasteiger partial charge in [-0.05, 0) is 24.1 Å². The van der Waals surface area contributed by atoms with Crippen LogP contribution >= 0.6 is 0 Å². The fourth-order valence-corrected chi connectivity index (χ4v) is 1.81. The van der Waals surface area contributed by atoms with Crippen molar-refractivity contribution in [1.29, 1.82) is 0 Å². The maximum atomic E-state index is 11.8. The van der Waals surface area contributed by atoms with Gasteiger partial charge in [-0.25, -0.2) is 0 Å². The first-order valence-electron chi connectivity index (χ1n) is 6.16. The summed E-state index contributed by atoms with van der Waals surface area (Å²) in [6.45, 7) is 0. The number of nitrogens with one attached hydrogen (secondary N) is 1. The molecule has 0 aliphatic rings. The molecule has 0 bridgehead atoms. The van der Waals surface area contributed by atoms with Crippen LogP contribution in [0.1, 0.15) is 12.0 Å². The summed E-state index contributed by atoms with van der Waals surface area (Å²) >= 11 is 0. The lowest BCUT2D eigenvalue weighted by Crippen LogP contribution is -2.23. The summed E-state index contributed by atoms with van der Waals surface area (Å²) in [4.78, 5) is 23.5. The van der Waals surface area contributed by atoms with E-state index in [1.807, 2.05) is 30.3 Å². The molecule has 0 atom stereocenters. The smallest absolute Gasteiger partial charge is 0.274 e. The van der Waals surface area contributed by atoms with Crippen molar-refractivity contribution >= 4 is 11.6 Å². The van der Waals surface area contributed by atoms with Gasteiger partial charge in [0.25, 0.3) is 5.56 Å². The normalized spacial score (nSPS) is 10.2. The molecule has 0 radical (unpaired) electrons. The van der Waals surface area contributed by atoms with Crippen LogP contribution in [-0.4, -0.2) is 10.5 Å². The van der Waals surface area contributed by atoms with E-state index in [1.54, 1.807) is 25.4 Å². The molecule has 0 saturated heterocycles. The lowest BCUT2D eigenvalue weighted by molar-refractivity contribution is -0.116. The second-order valence-electron chi connectivity index (χ2n) is 4.37. The number of aromatic nitrogens is 1. The van der Waals surface area contributed by atoms with E-state index in [4.69, 9.17) is 0 Å². The minimum absolute atomic E-state index is 0.146. The predicted molar refractivity (Wildman–Crippen MR) is 75.1 cm³/mol. The van der Waals surface area contributed by atoms with Crippen LogP contribution in [0.3, 0.4) is 0 Å². The molecule has 0 aliphatic heterocycles. The van der Waals surface area contributed by atoms with Gasteiger partial charge in [-0.1, -0.05) is 30.3 Å². The van der Waals surface area contributed by atoms with Gasteiger partial charge in [0.15, 0.2) is 0 Å². The fraction of sp³-hybridized carbons (Fsp3) is 0.200. The Hall–Kier alpha value is -2.36. The van der Waals surface area contributed by atoms with Crippen molar-refractivity contribution in [1.82, 2.24) is 4.57 Å². The van der Waals surface area contributed by atoms with Crippen molar-refractivity contribution in [2.75, 3.05) is 5.32 Å². The Kier molecular flexibility index (Phi) is 4.13. The van der Waals surface area contributed by atoms with Gasteiger partial charge in [-0.2, -0.15) is 0 Å². The van der Waals surface area contributed by atoms with E-state index in [-0.39, 0.29) is 11.5 Å². The number of aryl methyl sites for hydroxylation is 2. The molecular weight excluding hydrogens is 240 g/mol. The van der Waals surface area contributed by atoms with Gasteiger partial charge in [-0.3, -0.25) is 9.59 Å². The Labute approximate surface area is 111 Å². The quantitative estimate of drug-likeness (QED) is 0.909. The van der Waals surface area contributed by atoms with Gasteiger partial charge < -0.3 is 9.88 Å². The Morgan fingerprint density at radius 2 is 1.89 bits per heavy atom. The summed E-state index contributed by atoms with van der Waals surface area (Å²) in [6, 6.07) is 13.1. The van der Waals surface area contributed by atoms with Gasteiger partial charge >= 0.3 is 0 Å². The number of hydrogen-bond donors (Lipinski definition) is 1. The lowest BCUT2D eigenvalue weighted by atomic mass is 10.1. The molecular formula is C15H16N2O2. The number of pyridine rings is 1. The minimum Gasteiger partial charge on any atom is -0.321 e. The molecule has 0 spiro atoms. The molecule has 0 aliphatic carbocycles. The van der Waals surface area contributed by atoms with E-state index in [2.05, 4.69) is 5.32 Å². The number of benzene rings is 1. The highest BCUT2D eigenvalue weighted by Crippen LogP contribution is 2.04. The highest BCUT2D eigenvalue weighted by Gasteiger charge is 2.06. The molecule has 4 heteroatoms. The summed E-state index contributed by atoms with van der Waals surface area (Å²) in [7, 11) is 1.65. The SMILES string of the molecule is Cn1cccc(NC(=O)CCc2ccccc2)c1=O. The Bertz CT molecular complexity index is 618. The van der Waals surface area contributed by atoms with E-state index in [1.165, 1.54) is 4.57 Å². The van der Waals surface area contributed by atoms with E-state index < -0.39 is 0 Å². The average Bonchev–Trinajstić information content (AvgIpc) is 2.43. The molecule has 1 heterocycles. The molecule has 1 aromatic carbocycles. The van der Waals surface area contributed by atoms with Crippen LogP contribution in [0.2, 0.25) is 0 Å². The van der Waals surface area contributed by atoms with Crippen LogP contribution in [0.15, 0.2) is 53.5 Å². The number of rotatable bonds is 4. The van der Waals surface area contributed by atoms with E-state index >= 15 is 0 Å². The predicted octanol–water partition coefficient (Wildman–Crippen LogP) is 1.96. The first kappa shape index (κ1) is 13.1. The van der Waals surface area contributed by atoms with E-state index in [9.17, 15) is 9.59 Å². The maximum absolute atomic E-state index is 11.8. The summed E-state index contributed by atoms with van der Waals surface area (Å²) in [6.07, 6.45) is 2.68. The number of carbonyl (C=O) groups is 1. The topological polar surface area (TPSA) is 51.1 Å². The molecule has 0 saturated carbocycles. The Balaban J connectivity index is 1.95. The van der Waals surface area contributed by atoms with Gasteiger partial charge in [0.2, 0.25) is 5.91 Å². The monoisotopic (exact) mass is 256 g/mol. The third-order valence-corrected chi connectivity index (χ3v) is 2.88. The summed E-state index contributed by atoms with van der Waals surface area (Å²) in [5, 5.41) is 2.65. The molecule has 0 fully saturated rings. The average molecular weight is 256 g/mol. The van der Waals surface area contributed by atoms with Crippen molar-refractivity contribution in [3.63, 3.8) is 0 Å². The Morgan fingerprint density at radius 3 is 2.63 bits per heavy atom. The zero-order chi connectivity index (χ0) is 13.7. The van der Waals surface area contributed by atoms with Crippen LogP contribution in [0.25, 0.3) is 0 Å². The van der Waals surface area contributed by atoms with Gasteiger partial charge in [0, 0.05) is 19.7 Å². The molecule has 1 aromatic heterocycles. The third-order valence-electron chi connectivity index (χ3n) is 2.88. The summed E-state index contributed by atoms with van der Waals surface area (Å²) in [5.41, 5.74) is 1.23. The van der Waals surface area contributed by atoms with E-state index in [0.29, 0.717) is 18.5 Å². The van der Waals surface area contributed by atoms with Gasteiger partial charge in [0.1, 0.15) is 5.69 Å². The molecule has 2 rings (SSSR count). The van der Waals surface area contributed by atoms with Gasteiger partial charge in [0.05, 0.1) is 0 Å². The molecule has 1 N–H and O–H groups in total. The maximum Gasteiger partial charge on any atom is 0.274 e. The fourth-order valence-electron chi connectivity index (χ4n) is 1.81. The number of amides is 1. The van der Waals surface area contributed by atoms with Crippen LogP contribution in [-0.2, 0) is 18.3 Å². The summed E-state index contributed by atoms with van der Waals surface area (Å²) < 4.78 is 1.44. The molecule has 4 nitrogen and oxygen atoms in total. The van der Waals surface area contributed by atoms with Crippen molar-refractivity contribution < 1.29 is 4.79 Å². The van der Waals surface area contributed by atoms with Crippen molar-refractivity contribution in [2.45, 2.75) is 12.8 Å². The first-order chi connectivity index (χ1) is 9.16. The molecule has 1 amide bonds. The zero-order valence-electron chi connectivity index (χ0n) is 10.8. The third kappa shape index (κ3) is 3.55. The highest BCUT2D eigenvalue weighted by molar-refractivity contribution is 5.90. The lowest BCUT2D eigenvalue weighted by Gasteiger charge is -2.06. The highest BCUT2D eigenvalue weighted by atomic mass is 16.2. The molecule has 2 aromatic rings. The van der Waals surface area contributed by atoms with Crippen LogP contribution in [0, 0.1) is 0 Å². The largest absolute Gasteiger partial charge is 0.321 e. The van der Waals surface area contributed by atoms with Crippen LogP contribution in [0.5, 0.6) is 0 Å². The van der Waals surface area contributed by atoms with Crippen molar-refractivity contribution in [3.05, 3.63) is 64.6 Å². The number of hydrogen-bond acceptors (Lipinski definition) is 2. The molecule has 0 unspecified atom stereocenters. The molecule has 98 valence electrons. The van der Waals surface area contributed by atoms with Crippen molar-refractivity contribution in [3.8, 4) is 0 Å². The zero-order valence-corrected chi connectivity index (χ0v) is 10.8. The minimum atomic E-state index is -0.199. The number of anilines is 1. The second kappa shape index (κ2) is 6.00. The Morgan fingerprint density at radius 1 is 1.16 bits per heavy atom. The van der Waals surface area contributed by atoms with Crippen LogP contribution in [0.4, 0.5) is 5.69 Å². The second-order valence-corrected chi connectivity index (χ2v) is 4.37. The standard InChI is InChI=1S/C15H16N2O2/c1-17-11-5-8-13(15(17)19)16-14(18)10-9-12-6-3-2-4-7-12/h2-8,11H,9-10H2,1H3,(H,16,18). The van der Waals surface area contributed by atoms with Gasteiger partial charge in [-0.15, -0.1) is 0 Å². The first-order valence-corrected chi connectivity index (χ1v) is 6.16. The number of nitrogens with zero attached hydrogens (tertiary/aromatic N) is 1. The number of carbonyl (C=O) groups excluding carboxylic acids is 1. The summed E-state index contributed by atoms with van der Waals surface area (Å²) in [5.74, 6) is -0.146. The van der Waals surface area contributed by atoms with Crippen molar-refractivity contribution in [2.24, 2.45) is 7.05 Å². The molecule has 19 heavy (non-hydrogen) atoms. The van der Waals surface area contributed by atoms with E-state index in [0.717, 1.165) is 5.56 Å².